The van der Waals surface area contributed by atoms with E-state index in [0.717, 1.165) is 35.5 Å². The number of fused-ring (bicyclic) bond motifs is 1. The lowest BCUT2D eigenvalue weighted by Gasteiger charge is -2.65. The molecule has 2 saturated carbocycles. The standard InChI is InChI=1S/C10H18.5C2H6/c1-5-6(2)10-8(4)7(3)9(5)10;5*1-2/h5-10H,1-4H3;5*1-2H3. The Bertz CT molecular complexity index is 116. The van der Waals surface area contributed by atoms with E-state index >= 15 is 0 Å². The molecule has 0 amide bonds. The van der Waals surface area contributed by atoms with Crippen molar-refractivity contribution in [3.05, 3.63) is 0 Å². The minimum absolute atomic E-state index is 1.02. The first-order valence-corrected chi connectivity index (χ1v) is 9.64. The molecule has 0 nitrogen and oxygen atoms in total. The van der Waals surface area contributed by atoms with Crippen LogP contribution in [0, 0.1) is 35.5 Å². The Balaban J connectivity index is -0.000000110. The van der Waals surface area contributed by atoms with Crippen LogP contribution < -0.4 is 0 Å². The van der Waals surface area contributed by atoms with Gasteiger partial charge in [-0.1, -0.05) is 96.9 Å². The number of hydrogen-bond donors (Lipinski definition) is 0. The Labute approximate surface area is 133 Å². The van der Waals surface area contributed by atoms with Gasteiger partial charge in [0.15, 0.2) is 0 Å². The highest BCUT2D eigenvalue weighted by atomic mass is 14.6. The zero-order chi connectivity index (χ0) is 17.5. The maximum Gasteiger partial charge on any atom is -0.0324 e. The molecule has 0 spiro atoms. The summed E-state index contributed by atoms with van der Waals surface area (Å²) in [6, 6.07) is 0. The number of rotatable bonds is 0. The van der Waals surface area contributed by atoms with E-state index in [1.54, 1.807) is 0 Å². The molecule has 0 heterocycles. The highest BCUT2D eigenvalue weighted by Crippen LogP contribution is 2.63. The van der Waals surface area contributed by atoms with Gasteiger partial charge in [-0.15, -0.1) is 0 Å². The Morgan fingerprint density at radius 2 is 0.400 bits per heavy atom. The fraction of sp³-hybridized carbons (Fsp3) is 1.00. The van der Waals surface area contributed by atoms with E-state index in [1.165, 1.54) is 0 Å². The SMILES string of the molecule is CC.CC.CC.CC.CC.CC1C(C)C2C(C)C(C)C12. The van der Waals surface area contributed by atoms with Crippen LogP contribution in [-0.4, -0.2) is 0 Å². The Kier molecular flexibility index (Phi) is 26.8. The Morgan fingerprint density at radius 3 is 0.500 bits per heavy atom. The third-order valence-electron chi connectivity index (χ3n) is 4.53. The van der Waals surface area contributed by atoms with Crippen molar-refractivity contribution in [2.75, 3.05) is 0 Å². The van der Waals surface area contributed by atoms with Gasteiger partial charge in [-0.05, 0) is 35.5 Å². The highest BCUT2D eigenvalue weighted by molar-refractivity contribution is 5.06. The van der Waals surface area contributed by atoms with Crippen molar-refractivity contribution in [1.82, 2.24) is 0 Å². The van der Waals surface area contributed by atoms with E-state index in [2.05, 4.69) is 27.7 Å². The summed E-state index contributed by atoms with van der Waals surface area (Å²) < 4.78 is 0. The minimum Gasteiger partial charge on any atom is -0.0683 e. The van der Waals surface area contributed by atoms with E-state index in [4.69, 9.17) is 0 Å². The summed E-state index contributed by atoms with van der Waals surface area (Å²) in [6.45, 7) is 29.7. The van der Waals surface area contributed by atoms with E-state index in [9.17, 15) is 0 Å². The van der Waals surface area contributed by atoms with Crippen LogP contribution in [0.2, 0.25) is 0 Å². The lowest BCUT2D eigenvalue weighted by molar-refractivity contribution is -0.178. The molecule has 2 aliphatic rings. The minimum atomic E-state index is 1.02. The van der Waals surface area contributed by atoms with Crippen LogP contribution in [0.3, 0.4) is 0 Å². The zero-order valence-corrected chi connectivity index (χ0v) is 17.5. The van der Waals surface area contributed by atoms with Crippen molar-refractivity contribution in [2.45, 2.75) is 96.9 Å². The maximum absolute atomic E-state index is 2.42. The molecule has 0 aromatic carbocycles. The lowest BCUT2D eigenvalue weighted by Crippen LogP contribution is -2.61. The van der Waals surface area contributed by atoms with Gasteiger partial charge >= 0.3 is 0 Å². The first kappa shape index (κ1) is 28.2. The third kappa shape index (κ3) is 6.64. The average molecular weight is 289 g/mol. The van der Waals surface area contributed by atoms with Crippen molar-refractivity contribution in [1.29, 1.82) is 0 Å². The fourth-order valence-corrected chi connectivity index (χ4v) is 3.47. The van der Waals surface area contributed by atoms with Gasteiger partial charge in [0.1, 0.15) is 0 Å². The van der Waals surface area contributed by atoms with Crippen molar-refractivity contribution >= 4 is 0 Å². The van der Waals surface area contributed by atoms with Gasteiger partial charge in [-0.25, -0.2) is 0 Å². The summed E-state index contributed by atoms with van der Waals surface area (Å²) >= 11 is 0. The Morgan fingerprint density at radius 1 is 0.300 bits per heavy atom. The molecule has 0 aromatic rings. The molecule has 0 bridgehead atoms. The number of hydrogen-bond acceptors (Lipinski definition) is 0. The van der Waals surface area contributed by atoms with Gasteiger partial charge in [-0.2, -0.15) is 0 Å². The molecule has 2 aliphatic carbocycles. The third-order valence-corrected chi connectivity index (χ3v) is 4.53. The van der Waals surface area contributed by atoms with Crippen molar-refractivity contribution in [2.24, 2.45) is 35.5 Å². The molecular formula is C20H48. The van der Waals surface area contributed by atoms with E-state index in [1.807, 2.05) is 69.2 Å². The van der Waals surface area contributed by atoms with Crippen LogP contribution in [0.5, 0.6) is 0 Å². The van der Waals surface area contributed by atoms with Crippen LogP contribution in [0.4, 0.5) is 0 Å². The molecule has 0 aliphatic heterocycles. The zero-order valence-electron chi connectivity index (χ0n) is 17.5. The van der Waals surface area contributed by atoms with Crippen molar-refractivity contribution in [3.8, 4) is 0 Å². The molecule has 2 fully saturated rings. The van der Waals surface area contributed by atoms with Crippen LogP contribution >= 0.6 is 0 Å². The van der Waals surface area contributed by atoms with Crippen LogP contribution in [-0.2, 0) is 0 Å². The summed E-state index contributed by atoms with van der Waals surface area (Å²) in [7, 11) is 0. The van der Waals surface area contributed by atoms with Gasteiger partial charge in [0.2, 0.25) is 0 Å². The van der Waals surface area contributed by atoms with Crippen LogP contribution in [0.25, 0.3) is 0 Å². The maximum atomic E-state index is 2.42. The predicted octanol–water partition coefficient (Wildman–Crippen LogP) is 7.92. The van der Waals surface area contributed by atoms with Crippen LogP contribution in [0.1, 0.15) is 96.9 Å². The molecule has 0 aromatic heterocycles. The summed E-state index contributed by atoms with van der Waals surface area (Å²) in [5, 5.41) is 0. The first-order valence-electron chi connectivity index (χ1n) is 9.64. The van der Waals surface area contributed by atoms with Gasteiger partial charge in [-0.3, -0.25) is 0 Å². The molecule has 0 N–H and O–H groups in total. The quantitative estimate of drug-likeness (QED) is 0.424. The summed E-state index contributed by atoms with van der Waals surface area (Å²) in [4.78, 5) is 0. The van der Waals surface area contributed by atoms with Crippen molar-refractivity contribution < 1.29 is 0 Å². The van der Waals surface area contributed by atoms with Gasteiger partial charge in [0.25, 0.3) is 0 Å². The Hall–Kier alpha value is 0. The average Bonchev–Trinajstić information content (AvgIpc) is 2.59. The van der Waals surface area contributed by atoms with Crippen LogP contribution in [0.15, 0.2) is 0 Å². The van der Waals surface area contributed by atoms with Gasteiger partial charge in [0.05, 0.1) is 0 Å². The molecule has 4 unspecified atom stereocenters. The summed E-state index contributed by atoms with van der Waals surface area (Å²) in [5.74, 6) is 6.30. The summed E-state index contributed by atoms with van der Waals surface area (Å²) in [5.41, 5.74) is 0. The smallest absolute Gasteiger partial charge is 0.0324 e. The second-order valence-corrected chi connectivity index (χ2v) is 4.59. The molecule has 4 atom stereocenters. The molecular weight excluding hydrogens is 240 g/mol. The molecule has 20 heavy (non-hydrogen) atoms. The van der Waals surface area contributed by atoms with E-state index in [0.29, 0.717) is 0 Å². The first-order chi connectivity index (χ1) is 9.64. The predicted molar refractivity (Wildman–Crippen MR) is 100 cm³/mol. The van der Waals surface area contributed by atoms with E-state index in [-0.39, 0.29) is 0 Å². The van der Waals surface area contributed by atoms with Gasteiger partial charge < -0.3 is 0 Å². The molecule has 2 rings (SSSR count). The summed E-state index contributed by atoms with van der Waals surface area (Å²) in [6.07, 6.45) is 0. The molecule has 0 heteroatoms. The monoisotopic (exact) mass is 288 g/mol. The molecule has 0 saturated heterocycles. The molecule has 128 valence electrons. The van der Waals surface area contributed by atoms with E-state index < -0.39 is 0 Å². The second kappa shape index (κ2) is 19.0. The largest absolute Gasteiger partial charge is 0.0683 e. The topological polar surface area (TPSA) is 0 Å². The molecule has 0 radical (unpaired) electrons. The normalized spacial score (nSPS) is 34.5. The van der Waals surface area contributed by atoms with Crippen molar-refractivity contribution in [3.63, 3.8) is 0 Å². The fourth-order valence-electron chi connectivity index (χ4n) is 3.47. The van der Waals surface area contributed by atoms with Gasteiger partial charge in [0, 0.05) is 0 Å². The highest BCUT2D eigenvalue weighted by Gasteiger charge is 2.59. The second-order valence-electron chi connectivity index (χ2n) is 4.59. The lowest BCUT2D eigenvalue weighted by atomic mass is 9.39.